The summed E-state index contributed by atoms with van der Waals surface area (Å²) in [6.07, 6.45) is 7.91. The molecule has 23 heteroatoms. The molecule has 71 heavy (non-hydrogen) atoms. The first-order chi connectivity index (χ1) is 33.9. The highest BCUT2D eigenvalue weighted by atomic mass is 16.2. The number of fused-ring (bicyclic) bond motifs is 1. The number of hydrogen-bond donors (Lipinski definition) is 13. The van der Waals surface area contributed by atoms with Gasteiger partial charge in [0.2, 0.25) is 41.4 Å². The Balaban J connectivity index is 1.25. The molecule has 3 aromatic heterocycles. The Morgan fingerprint density at radius 3 is 1.73 bits per heavy atom. The highest BCUT2D eigenvalue weighted by Crippen LogP contribution is 2.20. The summed E-state index contributed by atoms with van der Waals surface area (Å²) in [5.74, 6) is -0.718. The van der Waals surface area contributed by atoms with Gasteiger partial charge in [0.1, 0.15) is 36.3 Å². The predicted octanol–water partition coefficient (Wildman–Crippen LogP) is -1.05. The van der Waals surface area contributed by atoms with Crippen molar-refractivity contribution in [1.29, 1.82) is 0 Å². The molecule has 0 aliphatic carbocycles. The normalized spacial score (nSPS) is 14.2. The van der Waals surface area contributed by atoms with Gasteiger partial charge < -0.3 is 57.9 Å². The second-order valence-electron chi connectivity index (χ2n) is 18.0. The summed E-state index contributed by atoms with van der Waals surface area (Å²) in [5, 5.41) is 19.4. The van der Waals surface area contributed by atoms with Crippen LogP contribution in [0.1, 0.15) is 63.6 Å². The summed E-state index contributed by atoms with van der Waals surface area (Å²) in [5.41, 5.74) is 11.7. The number of imidazole rings is 2. The molecule has 2 aromatic carbocycles. The average molecular weight is 980 g/mol. The van der Waals surface area contributed by atoms with Gasteiger partial charge in [-0.05, 0) is 48.8 Å². The van der Waals surface area contributed by atoms with Crippen molar-refractivity contribution in [3.8, 4) is 0 Å². The van der Waals surface area contributed by atoms with Crippen LogP contribution in [0.3, 0.4) is 0 Å². The molecule has 380 valence electrons. The van der Waals surface area contributed by atoms with Crippen molar-refractivity contribution in [1.82, 2.24) is 67.6 Å². The van der Waals surface area contributed by atoms with Crippen LogP contribution in [0.2, 0.25) is 0 Å². The second kappa shape index (κ2) is 26.2. The van der Waals surface area contributed by atoms with E-state index in [4.69, 9.17) is 11.6 Å². The number of para-hydroxylation sites is 1. The van der Waals surface area contributed by atoms with E-state index in [0.717, 1.165) is 16.5 Å². The number of nitrogens with two attached hydrogens (primary N) is 2. The van der Waals surface area contributed by atoms with Crippen LogP contribution < -0.4 is 54.2 Å². The fourth-order valence-electron chi connectivity index (χ4n) is 7.68. The zero-order valence-corrected chi connectivity index (χ0v) is 40.3. The van der Waals surface area contributed by atoms with Gasteiger partial charge in [-0.3, -0.25) is 43.8 Å². The summed E-state index contributed by atoms with van der Waals surface area (Å²) in [4.78, 5) is 125. The number of hydrogen-bond acceptors (Lipinski definition) is 12. The van der Waals surface area contributed by atoms with Crippen molar-refractivity contribution >= 4 is 58.2 Å². The molecule has 0 saturated heterocycles. The largest absolute Gasteiger partial charge is 0.361 e. The topological polar surface area (TPSA) is 358 Å². The lowest BCUT2D eigenvalue weighted by molar-refractivity contribution is -0.135. The van der Waals surface area contributed by atoms with Crippen LogP contribution in [0.15, 0.2) is 85.8 Å². The maximum Gasteiger partial charge on any atom is 0.256 e. The van der Waals surface area contributed by atoms with Gasteiger partial charge >= 0.3 is 0 Å². The van der Waals surface area contributed by atoms with E-state index in [1.807, 2.05) is 73.9 Å². The van der Waals surface area contributed by atoms with Crippen LogP contribution >= 0.6 is 0 Å². The van der Waals surface area contributed by atoms with E-state index in [1.54, 1.807) is 20.0 Å². The Hall–Kier alpha value is -7.92. The average Bonchev–Trinajstić information content (AvgIpc) is 4.15. The molecule has 23 nitrogen and oxygen atoms in total. The number of amides is 8. The Kier molecular flexibility index (Phi) is 19.9. The molecule has 0 unspecified atom stereocenters. The van der Waals surface area contributed by atoms with Gasteiger partial charge in [0, 0.05) is 60.1 Å². The van der Waals surface area contributed by atoms with Crippen LogP contribution in [0, 0.1) is 11.8 Å². The number of rotatable bonds is 26. The number of H-pyrrole nitrogens is 3. The molecule has 7 atom stereocenters. The summed E-state index contributed by atoms with van der Waals surface area (Å²) in [6, 6.07) is 8.45. The number of carbonyl (C=O) groups is 8. The molecule has 5 aromatic rings. The third-order valence-corrected chi connectivity index (χ3v) is 11.5. The lowest BCUT2D eigenvalue weighted by atomic mass is 10.0. The summed E-state index contributed by atoms with van der Waals surface area (Å²) < 4.78 is 0. The minimum atomic E-state index is -1.28. The number of aromatic amines is 3. The van der Waals surface area contributed by atoms with Gasteiger partial charge in [-0.2, -0.15) is 0 Å². The third-order valence-electron chi connectivity index (χ3n) is 11.5. The van der Waals surface area contributed by atoms with Crippen LogP contribution in [0.4, 0.5) is 0 Å². The zero-order valence-electron chi connectivity index (χ0n) is 40.3. The fourth-order valence-corrected chi connectivity index (χ4v) is 7.68. The van der Waals surface area contributed by atoms with Crippen molar-refractivity contribution in [3.05, 3.63) is 108 Å². The highest BCUT2D eigenvalue weighted by Gasteiger charge is 2.33. The smallest absolute Gasteiger partial charge is 0.256 e. The van der Waals surface area contributed by atoms with Gasteiger partial charge in [0.25, 0.3) is 5.91 Å². The van der Waals surface area contributed by atoms with E-state index in [0.29, 0.717) is 17.0 Å². The Morgan fingerprint density at radius 1 is 0.577 bits per heavy atom. The SMILES string of the molecule is CC(C)C[C@H](NC(=O)[C@H](Cc1cnc[nH]1)NC(=O)CNC(=O)[C@@H](NC(=O)[C@H](C)NC(=O)[C@H](Cc1c[nH]c2ccccc12)NC(=O)[C@H](Cc1cnc[nH]1)NC(=O)[C@H](N)Cc1ccccc1)C(C)C)C(=O)NN. The van der Waals surface area contributed by atoms with Crippen LogP contribution in [-0.2, 0) is 64.0 Å². The molecule has 8 amide bonds. The maximum absolute atomic E-state index is 14.2. The number of aromatic nitrogens is 5. The number of nitrogens with zero attached hydrogens (tertiary/aromatic N) is 2. The van der Waals surface area contributed by atoms with Crippen molar-refractivity contribution < 1.29 is 38.4 Å². The van der Waals surface area contributed by atoms with Crippen LogP contribution in [0.25, 0.3) is 10.9 Å². The Morgan fingerprint density at radius 2 is 1.14 bits per heavy atom. The molecule has 0 radical (unpaired) electrons. The molecule has 0 spiro atoms. The van der Waals surface area contributed by atoms with Gasteiger partial charge in [0.05, 0.1) is 25.2 Å². The molecule has 5 rings (SSSR count). The lowest BCUT2D eigenvalue weighted by Gasteiger charge is -2.26. The van der Waals surface area contributed by atoms with E-state index in [2.05, 4.69) is 62.1 Å². The summed E-state index contributed by atoms with van der Waals surface area (Å²) in [6.45, 7) is 7.88. The maximum atomic E-state index is 14.2. The molecule has 15 N–H and O–H groups in total. The summed E-state index contributed by atoms with van der Waals surface area (Å²) in [7, 11) is 0. The van der Waals surface area contributed by atoms with E-state index in [9.17, 15) is 38.4 Å². The Labute approximate surface area is 410 Å². The summed E-state index contributed by atoms with van der Waals surface area (Å²) >= 11 is 0. The fraction of sp³-hybridized carbons (Fsp3) is 0.417. The molecule has 0 aliphatic rings. The quantitative estimate of drug-likeness (QED) is 0.0179. The van der Waals surface area contributed by atoms with Gasteiger partial charge in [0.15, 0.2) is 0 Å². The van der Waals surface area contributed by atoms with Crippen molar-refractivity contribution in [3.63, 3.8) is 0 Å². The van der Waals surface area contributed by atoms with E-state index >= 15 is 0 Å². The number of benzene rings is 2. The highest BCUT2D eigenvalue weighted by molar-refractivity contribution is 5.97. The molecular weight excluding hydrogens is 915 g/mol. The van der Waals surface area contributed by atoms with Crippen LogP contribution in [-0.4, -0.2) is 121 Å². The van der Waals surface area contributed by atoms with Crippen molar-refractivity contribution in [2.75, 3.05) is 6.54 Å². The van der Waals surface area contributed by atoms with Gasteiger partial charge in [-0.15, -0.1) is 0 Å². The Bertz CT molecular complexity index is 2560. The van der Waals surface area contributed by atoms with Gasteiger partial charge in [-0.25, -0.2) is 15.8 Å². The molecule has 0 aliphatic heterocycles. The first-order valence-electron chi connectivity index (χ1n) is 23.3. The van der Waals surface area contributed by atoms with Gasteiger partial charge in [-0.1, -0.05) is 76.2 Å². The second-order valence-corrected chi connectivity index (χ2v) is 18.0. The lowest BCUT2D eigenvalue weighted by Crippen LogP contribution is -2.60. The first kappa shape index (κ1) is 54.0. The predicted molar refractivity (Wildman–Crippen MR) is 262 cm³/mol. The molecule has 0 fully saturated rings. The number of hydrazine groups is 1. The first-order valence-corrected chi connectivity index (χ1v) is 23.3. The molecular formula is C48H65N15O8. The van der Waals surface area contributed by atoms with Crippen molar-refractivity contribution in [2.24, 2.45) is 23.4 Å². The molecule has 3 heterocycles. The number of carbonyl (C=O) groups excluding carboxylic acids is 8. The van der Waals surface area contributed by atoms with E-state index in [1.165, 1.54) is 32.0 Å². The zero-order chi connectivity index (χ0) is 51.6. The van der Waals surface area contributed by atoms with E-state index in [-0.39, 0.29) is 38.0 Å². The number of nitrogens with one attached hydrogen (secondary N) is 11. The van der Waals surface area contributed by atoms with Crippen molar-refractivity contribution in [2.45, 2.75) is 109 Å². The third kappa shape index (κ3) is 16.3. The van der Waals surface area contributed by atoms with E-state index < -0.39 is 102 Å². The standard InChI is InChI=1S/C48H65N15O8/c1-26(2)15-36(47(70)63-50)60-45(68)38(18-31-21-51-24-55-31)58-40(64)23-54-48(71)41(27(3)4)62-42(65)28(5)57-44(67)37(17-30-20-53-35-14-10-9-13-33(30)35)61-46(69)39(19-32-22-52-25-56-32)59-43(66)34(49)16-29-11-7-6-8-12-29/h6-14,20-22,24-28,34,36-39,41,53H,15-19,23,49-50H2,1-5H3,(H,51,55)(H,52,56)(H,54,71)(H,57,67)(H,58,64)(H,59,66)(H,60,68)(H,61,69)(H,62,65)(H,63,70)/t28-,34+,36-,37-,38-,39-,41-/m0/s1. The minimum Gasteiger partial charge on any atom is -0.361 e. The molecule has 0 bridgehead atoms. The van der Waals surface area contributed by atoms with Crippen LogP contribution in [0.5, 0.6) is 0 Å². The molecule has 0 saturated carbocycles. The monoisotopic (exact) mass is 980 g/mol. The minimum absolute atomic E-state index is 0.0119.